The number of hydrogen-bond acceptors (Lipinski definition) is 4. The van der Waals surface area contributed by atoms with Gasteiger partial charge in [0, 0.05) is 48.7 Å². The van der Waals surface area contributed by atoms with Crippen molar-refractivity contribution in [3.8, 4) is 0 Å². The molecule has 3 nitrogen and oxygen atoms in total. The molecule has 0 spiro atoms. The molecule has 0 radical (unpaired) electrons. The summed E-state index contributed by atoms with van der Waals surface area (Å²) >= 11 is 1.88. The highest BCUT2D eigenvalue weighted by Gasteiger charge is 2.45. The van der Waals surface area contributed by atoms with Gasteiger partial charge < -0.3 is 10.6 Å². The highest BCUT2D eigenvalue weighted by Crippen LogP contribution is 2.39. The van der Waals surface area contributed by atoms with Crippen molar-refractivity contribution in [1.29, 1.82) is 0 Å². The molecule has 1 saturated carbocycles. The predicted molar refractivity (Wildman–Crippen MR) is 90.6 cm³/mol. The lowest BCUT2D eigenvalue weighted by Crippen LogP contribution is -2.60. The third kappa shape index (κ3) is 3.34. The van der Waals surface area contributed by atoms with Crippen LogP contribution in [-0.4, -0.2) is 47.1 Å². The second kappa shape index (κ2) is 6.37. The van der Waals surface area contributed by atoms with E-state index in [0.717, 1.165) is 19.1 Å². The van der Waals surface area contributed by atoms with Crippen LogP contribution in [0.15, 0.2) is 17.5 Å². The van der Waals surface area contributed by atoms with Crippen LogP contribution in [0.3, 0.4) is 0 Å². The summed E-state index contributed by atoms with van der Waals surface area (Å²) in [5.74, 6) is 0. The van der Waals surface area contributed by atoms with Crippen molar-refractivity contribution < 1.29 is 0 Å². The Bertz CT molecular complexity index is 431. The molecule has 1 saturated heterocycles. The van der Waals surface area contributed by atoms with Gasteiger partial charge in [-0.2, -0.15) is 0 Å². The molecule has 2 aliphatic rings. The topological polar surface area (TPSA) is 32.5 Å². The minimum absolute atomic E-state index is 0.233. The Hall–Kier alpha value is -0.420. The second-order valence-corrected chi connectivity index (χ2v) is 8.03. The van der Waals surface area contributed by atoms with Gasteiger partial charge in [0.1, 0.15) is 0 Å². The Morgan fingerprint density at radius 2 is 2.10 bits per heavy atom. The van der Waals surface area contributed by atoms with Gasteiger partial charge in [0.05, 0.1) is 0 Å². The molecule has 0 atom stereocenters. The fraction of sp³-hybridized carbons (Fsp3) is 0.765. The van der Waals surface area contributed by atoms with Crippen molar-refractivity contribution in [2.24, 2.45) is 5.73 Å². The molecule has 1 aromatic rings. The summed E-state index contributed by atoms with van der Waals surface area (Å²) < 4.78 is 0. The van der Waals surface area contributed by atoms with Crippen LogP contribution in [0.1, 0.15) is 44.4 Å². The minimum Gasteiger partial charge on any atom is -0.329 e. The monoisotopic (exact) mass is 307 g/mol. The SMILES string of the molecule is CC(C)N1CCC(CN)(N(Cc2cccs2)C2CC2)CC1. The molecule has 4 heteroatoms. The third-order valence-corrected chi connectivity index (χ3v) is 6.20. The summed E-state index contributed by atoms with van der Waals surface area (Å²) in [6, 6.07) is 5.88. The highest BCUT2D eigenvalue weighted by atomic mass is 32.1. The largest absolute Gasteiger partial charge is 0.329 e. The molecule has 0 aromatic carbocycles. The van der Waals surface area contributed by atoms with Gasteiger partial charge in [0.25, 0.3) is 0 Å². The van der Waals surface area contributed by atoms with Gasteiger partial charge >= 0.3 is 0 Å². The molecule has 0 unspecified atom stereocenters. The molecule has 1 aliphatic heterocycles. The zero-order valence-corrected chi connectivity index (χ0v) is 14.2. The van der Waals surface area contributed by atoms with E-state index < -0.39 is 0 Å². The number of nitrogens with zero attached hydrogens (tertiary/aromatic N) is 2. The Morgan fingerprint density at radius 3 is 2.57 bits per heavy atom. The lowest BCUT2D eigenvalue weighted by atomic mass is 9.84. The van der Waals surface area contributed by atoms with E-state index in [9.17, 15) is 0 Å². The van der Waals surface area contributed by atoms with E-state index in [1.807, 2.05) is 11.3 Å². The first-order valence-corrected chi connectivity index (χ1v) is 9.26. The number of nitrogens with two attached hydrogens (primary N) is 1. The quantitative estimate of drug-likeness (QED) is 0.877. The van der Waals surface area contributed by atoms with Crippen LogP contribution < -0.4 is 5.73 Å². The van der Waals surface area contributed by atoms with E-state index in [-0.39, 0.29) is 5.54 Å². The standard InChI is InChI=1S/C17H29N3S/c1-14(2)19-9-7-17(13-18,8-10-19)20(15-5-6-15)12-16-4-3-11-21-16/h3-4,11,14-15H,5-10,12-13,18H2,1-2H3. The van der Waals surface area contributed by atoms with Crippen LogP contribution in [0.4, 0.5) is 0 Å². The summed E-state index contributed by atoms with van der Waals surface area (Å²) in [4.78, 5) is 6.85. The molecule has 1 aromatic heterocycles. The number of piperidine rings is 1. The fourth-order valence-electron chi connectivity index (χ4n) is 3.71. The maximum atomic E-state index is 6.30. The van der Waals surface area contributed by atoms with E-state index in [2.05, 4.69) is 41.2 Å². The molecule has 2 fully saturated rings. The number of thiophene rings is 1. The fourth-order valence-corrected chi connectivity index (χ4v) is 4.41. The van der Waals surface area contributed by atoms with Crippen LogP contribution >= 0.6 is 11.3 Å². The van der Waals surface area contributed by atoms with Crippen LogP contribution in [0, 0.1) is 0 Å². The van der Waals surface area contributed by atoms with Crippen molar-refractivity contribution in [3.63, 3.8) is 0 Å². The summed E-state index contributed by atoms with van der Waals surface area (Å²) in [7, 11) is 0. The first kappa shape index (κ1) is 15.5. The van der Waals surface area contributed by atoms with E-state index in [0.29, 0.717) is 6.04 Å². The molecule has 2 heterocycles. The molecule has 118 valence electrons. The smallest absolute Gasteiger partial charge is 0.0362 e. The Balaban J connectivity index is 1.73. The maximum absolute atomic E-state index is 6.30. The molecule has 2 N–H and O–H groups in total. The summed E-state index contributed by atoms with van der Waals surface area (Å²) in [5, 5.41) is 2.19. The molecule has 0 amide bonds. The van der Waals surface area contributed by atoms with Gasteiger partial charge in [0.2, 0.25) is 0 Å². The Morgan fingerprint density at radius 1 is 1.38 bits per heavy atom. The van der Waals surface area contributed by atoms with Crippen molar-refractivity contribution in [2.45, 2.75) is 63.7 Å². The maximum Gasteiger partial charge on any atom is 0.0362 e. The Labute approximate surface area is 133 Å². The third-order valence-electron chi connectivity index (χ3n) is 5.34. The van der Waals surface area contributed by atoms with Crippen molar-refractivity contribution in [1.82, 2.24) is 9.80 Å². The molecule has 0 bridgehead atoms. The van der Waals surface area contributed by atoms with Crippen LogP contribution in [-0.2, 0) is 6.54 Å². The molecular formula is C17H29N3S. The number of likely N-dealkylation sites (tertiary alicyclic amines) is 1. The van der Waals surface area contributed by atoms with E-state index in [1.54, 1.807) is 0 Å². The van der Waals surface area contributed by atoms with Gasteiger partial charge in [-0.25, -0.2) is 0 Å². The van der Waals surface area contributed by atoms with E-state index in [1.165, 1.54) is 43.6 Å². The van der Waals surface area contributed by atoms with Gasteiger partial charge in [0.15, 0.2) is 0 Å². The lowest BCUT2D eigenvalue weighted by molar-refractivity contribution is 0.00713. The first-order valence-electron chi connectivity index (χ1n) is 8.38. The van der Waals surface area contributed by atoms with E-state index in [4.69, 9.17) is 5.73 Å². The van der Waals surface area contributed by atoms with Crippen LogP contribution in [0.2, 0.25) is 0 Å². The second-order valence-electron chi connectivity index (χ2n) is 7.00. The van der Waals surface area contributed by atoms with Crippen LogP contribution in [0.25, 0.3) is 0 Å². The van der Waals surface area contributed by atoms with Gasteiger partial charge in [-0.05, 0) is 51.0 Å². The lowest BCUT2D eigenvalue weighted by Gasteiger charge is -2.49. The molecular weight excluding hydrogens is 278 g/mol. The average Bonchev–Trinajstić information content (AvgIpc) is 3.21. The normalized spacial score (nSPS) is 23.1. The molecule has 21 heavy (non-hydrogen) atoms. The summed E-state index contributed by atoms with van der Waals surface area (Å²) in [5.41, 5.74) is 6.53. The van der Waals surface area contributed by atoms with Gasteiger partial charge in [-0.1, -0.05) is 6.07 Å². The van der Waals surface area contributed by atoms with Crippen molar-refractivity contribution >= 4 is 11.3 Å². The zero-order valence-electron chi connectivity index (χ0n) is 13.4. The predicted octanol–water partition coefficient (Wildman–Crippen LogP) is 2.91. The van der Waals surface area contributed by atoms with E-state index >= 15 is 0 Å². The van der Waals surface area contributed by atoms with Crippen molar-refractivity contribution in [2.75, 3.05) is 19.6 Å². The van der Waals surface area contributed by atoms with Gasteiger partial charge in [-0.15, -0.1) is 11.3 Å². The Kier molecular flexibility index (Phi) is 4.69. The zero-order chi connectivity index (χ0) is 14.9. The summed E-state index contributed by atoms with van der Waals surface area (Å²) in [6.07, 6.45) is 5.18. The van der Waals surface area contributed by atoms with Crippen molar-refractivity contribution in [3.05, 3.63) is 22.4 Å². The highest BCUT2D eigenvalue weighted by molar-refractivity contribution is 7.09. The number of rotatable bonds is 6. The minimum atomic E-state index is 0.233. The molecule has 3 rings (SSSR count). The number of hydrogen-bond donors (Lipinski definition) is 1. The molecule has 1 aliphatic carbocycles. The average molecular weight is 308 g/mol. The first-order chi connectivity index (χ1) is 10.1. The van der Waals surface area contributed by atoms with Crippen LogP contribution in [0.5, 0.6) is 0 Å². The van der Waals surface area contributed by atoms with Gasteiger partial charge in [-0.3, -0.25) is 4.90 Å². The summed E-state index contributed by atoms with van der Waals surface area (Å²) in [6.45, 7) is 8.91.